The van der Waals surface area contributed by atoms with Crippen molar-refractivity contribution >= 4 is 29.0 Å². The largest absolute Gasteiger partial charge is 0.382 e. The monoisotopic (exact) mass is 272 g/mol. The van der Waals surface area contributed by atoms with Gasteiger partial charge in [0.15, 0.2) is 5.78 Å². The molecule has 0 atom stereocenters. The summed E-state index contributed by atoms with van der Waals surface area (Å²) in [4.78, 5) is 12.0. The molecular weight excluding hydrogens is 259 g/mol. The number of carbonyl (C=O) groups excluding carboxylic acids is 1. The van der Waals surface area contributed by atoms with E-state index in [9.17, 15) is 9.90 Å². The Labute approximate surface area is 111 Å². The Hall–Kier alpha value is -0.570. The highest BCUT2D eigenvalue weighted by Gasteiger charge is 2.38. The molecule has 1 saturated carbocycles. The number of halogens is 2. The molecule has 0 amide bonds. The van der Waals surface area contributed by atoms with E-state index in [-0.39, 0.29) is 12.2 Å². The molecule has 2 nitrogen and oxygen atoms in total. The predicted molar refractivity (Wildman–Crippen MR) is 68.6 cm³/mol. The van der Waals surface area contributed by atoms with Gasteiger partial charge >= 0.3 is 0 Å². The van der Waals surface area contributed by atoms with E-state index in [0.717, 1.165) is 18.4 Å². The Morgan fingerprint density at radius 2 is 1.94 bits per heavy atom. The zero-order valence-corrected chi connectivity index (χ0v) is 10.9. The van der Waals surface area contributed by atoms with Crippen LogP contribution >= 0.6 is 23.2 Å². The molecule has 17 heavy (non-hydrogen) atoms. The SMILES string of the molecule is O=C(Cc1ccc(Cl)cc1Cl)C1(O)CCCC1. The summed E-state index contributed by atoms with van der Waals surface area (Å²) < 4.78 is 0. The zero-order chi connectivity index (χ0) is 12.5. The van der Waals surface area contributed by atoms with E-state index in [0.29, 0.717) is 22.9 Å². The van der Waals surface area contributed by atoms with Crippen LogP contribution in [0.3, 0.4) is 0 Å². The Morgan fingerprint density at radius 3 is 2.53 bits per heavy atom. The van der Waals surface area contributed by atoms with Crippen LogP contribution in [0, 0.1) is 0 Å². The Balaban J connectivity index is 2.13. The molecule has 4 heteroatoms. The number of benzene rings is 1. The van der Waals surface area contributed by atoms with E-state index in [1.54, 1.807) is 18.2 Å². The molecule has 0 aromatic heterocycles. The maximum Gasteiger partial charge on any atom is 0.168 e. The van der Waals surface area contributed by atoms with Crippen LogP contribution < -0.4 is 0 Å². The minimum atomic E-state index is -1.14. The first-order valence-corrected chi connectivity index (χ1v) is 6.46. The van der Waals surface area contributed by atoms with Gasteiger partial charge in [0.2, 0.25) is 0 Å². The lowest BCUT2D eigenvalue weighted by atomic mass is 9.92. The third-order valence-electron chi connectivity index (χ3n) is 3.32. The molecule has 1 N–H and O–H groups in total. The van der Waals surface area contributed by atoms with E-state index >= 15 is 0 Å². The van der Waals surface area contributed by atoms with Crippen LogP contribution in [0.25, 0.3) is 0 Å². The highest BCUT2D eigenvalue weighted by molar-refractivity contribution is 6.35. The molecule has 92 valence electrons. The first-order valence-electron chi connectivity index (χ1n) is 5.71. The molecule has 0 bridgehead atoms. The molecule has 1 fully saturated rings. The minimum Gasteiger partial charge on any atom is -0.382 e. The van der Waals surface area contributed by atoms with Crippen LogP contribution in [0.2, 0.25) is 10.0 Å². The van der Waals surface area contributed by atoms with Crippen molar-refractivity contribution in [2.75, 3.05) is 0 Å². The molecule has 0 heterocycles. The van der Waals surface area contributed by atoms with E-state index in [2.05, 4.69) is 0 Å². The van der Waals surface area contributed by atoms with Crippen LogP contribution in [-0.2, 0) is 11.2 Å². The van der Waals surface area contributed by atoms with Gasteiger partial charge in [-0.15, -0.1) is 0 Å². The highest BCUT2D eigenvalue weighted by atomic mass is 35.5. The first kappa shape index (κ1) is 12.9. The number of aliphatic hydroxyl groups is 1. The number of ketones is 1. The molecule has 1 aliphatic rings. The maximum absolute atomic E-state index is 12.0. The van der Waals surface area contributed by atoms with Crippen LogP contribution in [-0.4, -0.2) is 16.5 Å². The summed E-state index contributed by atoms with van der Waals surface area (Å²) in [5.41, 5.74) is -0.412. The second-order valence-corrected chi connectivity index (χ2v) is 5.42. The molecule has 0 spiro atoms. The van der Waals surface area contributed by atoms with E-state index in [1.165, 1.54) is 0 Å². The number of hydrogen-bond acceptors (Lipinski definition) is 2. The summed E-state index contributed by atoms with van der Waals surface area (Å²) in [7, 11) is 0. The van der Waals surface area contributed by atoms with Crippen LogP contribution in [0.15, 0.2) is 18.2 Å². The van der Waals surface area contributed by atoms with Crippen molar-refractivity contribution in [1.82, 2.24) is 0 Å². The van der Waals surface area contributed by atoms with Crippen LogP contribution in [0.5, 0.6) is 0 Å². The second kappa shape index (κ2) is 4.97. The smallest absolute Gasteiger partial charge is 0.168 e. The van der Waals surface area contributed by atoms with Gasteiger partial charge in [0, 0.05) is 16.5 Å². The summed E-state index contributed by atoms with van der Waals surface area (Å²) in [6.07, 6.45) is 3.13. The van der Waals surface area contributed by atoms with Gasteiger partial charge in [0.1, 0.15) is 5.60 Å². The van der Waals surface area contributed by atoms with Crippen LogP contribution in [0.4, 0.5) is 0 Å². The van der Waals surface area contributed by atoms with Gasteiger partial charge in [0.05, 0.1) is 0 Å². The summed E-state index contributed by atoms with van der Waals surface area (Å²) >= 11 is 11.8. The third-order valence-corrected chi connectivity index (χ3v) is 3.90. The zero-order valence-electron chi connectivity index (χ0n) is 9.38. The average molecular weight is 273 g/mol. The minimum absolute atomic E-state index is 0.140. The molecule has 0 saturated heterocycles. The van der Waals surface area contributed by atoms with E-state index in [4.69, 9.17) is 23.2 Å². The molecule has 1 aromatic rings. The first-order chi connectivity index (χ1) is 8.01. The Bertz CT molecular complexity index is 437. The summed E-state index contributed by atoms with van der Waals surface area (Å²) in [6, 6.07) is 5.06. The summed E-state index contributed by atoms with van der Waals surface area (Å²) in [5, 5.41) is 11.2. The number of rotatable bonds is 3. The number of hydrogen-bond donors (Lipinski definition) is 1. The van der Waals surface area contributed by atoms with E-state index in [1.807, 2.05) is 0 Å². The molecule has 0 aliphatic heterocycles. The van der Waals surface area contributed by atoms with Crippen molar-refractivity contribution in [2.45, 2.75) is 37.7 Å². The fourth-order valence-electron chi connectivity index (χ4n) is 2.24. The highest BCUT2D eigenvalue weighted by Crippen LogP contribution is 2.32. The molecule has 1 aliphatic carbocycles. The van der Waals surface area contributed by atoms with E-state index < -0.39 is 5.60 Å². The maximum atomic E-state index is 12.0. The number of Topliss-reactive ketones (excluding diaryl/α,β-unsaturated/α-hetero) is 1. The Kier molecular flexibility index (Phi) is 3.76. The molecule has 0 unspecified atom stereocenters. The van der Waals surface area contributed by atoms with Gasteiger partial charge in [-0.2, -0.15) is 0 Å². The quantitative estimate of drug-likeness (QED) is 0.916. The molecular formula is C13H14Cl2O2. The lowest BCUT2D eigenvalue weighted by molar-refractivity contribution is -0.136. The van der Waals surface area contributed by atoms with Crippen LogP contribution in [0.1, 0.15) is 31.2 Å². The van der Waals surface area contributed by atoms with Crippen molar-refractivity contribution in [2.24, 2.45) is 0 Å². The van der Waals surface area contributed by atoms with Crippen molar-refractivity contribution in [3.05, 3.63) is 33.8 Å². The fraction of sp³-hybridized carbons (Fsp3) is 0.462. The average Bonchev–Trinajstić information content (AvgIpc) is 2.71. The van der Waals surface area contributed by atoms with Crippen molar-refractivity contribution in [3.63, 3.8) is 0 Å². The summed E-state index contributed by atoms with van der Waals surface area (Å²) in [5.74, 6) is -0.140. The molecule has 0 radical (unpaired) electrons. The summed E-state index contributed by atoms with van der Waals surface area (Å²) in [6.45, 7) is 0. The lowest BCUT2D eigenvalue weighted by Gasteiger charge is -2.20. The van der Waals surface area contributed by atoms with Crippen molar-refractivity contribution < 1.29 is 9.90 Å². The Morgan fingerprint density at radius 1 is 1.29 bits per heavy atom. The van der Waals surface area contributed by atoms with Gasteiger partial charge in [0.25, 0.3) is 0 Å². The van der Waals surface area contributed by atoms with Gasteiger partial charge in [-0.25, -0.2) is 0 Å². The lowest BCUT2D eigenvalue weighted by Crippen LogP contribution is -2.36. The molecule has 2 rings (SSSR count). The molecule has 1 aromatic carbocycles. The third kappa shape index (κ3) is 2.82. The fourth-order valence-corrected chi connectivity index (χ4v) is 2.72. The van der Waals surface area contributed by atoms with Gasteiger partial charge < -0.3 is 5.11 Å². The topological polar surface area (TPSA) is 37.3 Å². The second-order valence-electron chi connectivity index (χ2n) is 4.57. The van der Waals surface area contributed by atoms with Gasteiger partial charge in [-0.05, 0) is 43.4 Å². The van der Waals surface area contributed by atoms with Gasteiger partial charge in [-0.3, -0.25) is 4.79 Å². The predicted octanol–water partition coefficient (Wildman–Crippen LogP) is 3.41. The standard InChI is InChI=1S/C13H14Cl2O2/c14-10-4-3-9(11(15)8-10)7-12(16)13(17)5-1-2-6-13/h3-4,8,17H,1-2,5-7H2. The normalized spacial score (nSPS) is 18.3. The van der Waals surface area contributed by atoms with Crippen molar-refractivity contribution in [1.29, 1.82) is 0 Å². The number of carbonyl (C=O) groups is 1. The van der Waals surface area contributed by atoms with Gasteiger partial charge in [-0.1, -0.05) is 29.3 Å². The van der Waals surface area contributed by atoms with Crippen molar-refractivity contribution in [3.8, 4) is 0 Å².